The highest BCUT2D eigenvalue weighted by Gasteiger charge is 2.25. The highest BCUT2D eigenvalue weighted by atomic mass is 15.4. The molecular formula is C40H72N2. The van der Waals surface area contributed by atoms with Crippen molar-refractivity contribution in [2.24, 2.45) is 0 Å². The average molecular weight is 581 g/mol. The summed E-state index contributed by atoms with van der Waals surface area (Å²) >= 11 is 0. The van der Waals surface area contributed by atoms with Gasteiger partial charge in [-0.25, -0.2) is 0 Å². The third-order valence-electron chi connectivity index (χ3n) is 9.52. The van der Waals surface area contributed by atoms with Crippen LogP contribution in [0.15, 0.2) is 42.7 Å². The van der Waals surface area contributed by atoms with E-state index in [0.717, 1.165) is 6.42 Å². The molecule has 0 fully saturated rings. The van der Waals surface area contributed by atoms with Crippen LogP contribution in [0.1, 0.15) is 186 Å². The van der Waals surface area contributed by atoms with Crippen LogP contribution in [-0.2, 0) is 6.42 Å². The van der Waals surface area contributed by atoms with Gasteiger partial charge in [-0.15, -0.1) is 0 Å². The molecule has 0 aromatic heterocycles. The molecule has 0 saturated carbocycles. The summed E-state index contributed by atoms with van der Waals surface area (Å²) in [5.74, 6) is 0. The maximum absolute atomic E-state index is 2.65. The third-order valence-corrected chi connectivity index (χ3v) is 9.52. The zero-order chi connectivity index (χ0) is 29.8. The zero-order valence-electron chi connectivity index (χ0n) is 28.5. The van der Waals surface area contributed by atoms with Crippen LogP contribution in [0.5, 0.6) is 0 Å². The first-order chi connectivity index (χ1) is 20.8. The standard InChI is InChI=1S/C40H72N2/c1-3-5-7-9-11-13-15-17-19-21-23-25-30-34-41-36-37-42(40(41)38-39-32-28-27-29-33-39)35-31-26-24-22-20-18-16-14-12-10-8-6-4-2/h27-29,32-33,36-37,40H,3-26,30-31,34-35,38H2,1-2H3. The van der Waals surface area contributed by atoms with E-state index in [1.807, 2.05) is 0 Å². The first-order valence-corrected chi connectivity index (χ1v) is 19.1. The molecule has 0 atom stereocenters. The number of benzene rings is 1. The first kappa shape index (κ1) is 36.8. The Hall–Kier alpha value is -1.44. The van der Waals surface area contributed by atoms with E-state index in [1.165, 1.54) is 186 Å². The molecule has 2 heteroatoms. The fourth-order valence-electron chi connectivity index (χ4n) is 6.69. The smallest absolute Gasteiger partial charge is 0.105 e. The Kier molecular flexibility index (Phi) is 23.7. The van der Waals surface area contributed by atoms with Gasteiger partial charge in [0, 0.05) is 31.9 Å². The van der Waals surface area contributed by atoms with Crippen molar-refractivity contribution in [2.45, 2.75) is 193 Å². The van der Waals surface area contributed by atoms with Gasteiger partial charge in [-0.3, -0.25) is 0 Å². The second-order valence-corrected chi connectivity index (χ2v) is 13.4. The molecule has 0 spiro atoms. The molecule has 0 amide bonds. The van der Waals surface area contributed by atoms with Crippen molar-refractivity contribution in [3.05, 3.63) is 48.3 Å². The highest BCUT2D eigenvalue weighted by Crippen LogP contribution is 2.23. The molecule has 1 aliphatic rings. The predicted octanol–water partition coefficient (Wildman–Crippen LogP) is 12.8. The number of unbranched alkanes of at least 4 members (excludes halogenated alkanes) is 24. The Labute approximate surface area is 264 Å². The molecule has 0 radical (unpaired) electrons. The van der Waals surface area contributed by atoms with Gasteiger partial charge in [-0.05, 0) is 18.4 Å². The van der Waals surface area contributed by atoms with Crippen LogP contribution >= 0.6 is 0 Å². The highest BCUT2D eigenvalue weighted by molar-refractivity contribution is 5.17. The van der Waals surface area contributed by atoms with Crippen molar-refractivity contribution in [2.75, 3.05) is 13.1 Å². The van der Waals surface area contributed by atoms with Gasteiger partial charge in [0.2, 0.25) is 0 Å². The Bertz CT molecular complexity index is 674. The summed E-state index contributed by atoms with van der Waals surface area (Å²) in [6.45, 7) is 7.03. The lowest BCUT2D eigenvalue weighted by Gasteiger charge is -2.33. The molecule has 1 aromatic carbocycles. The zero-order valence-corrected chi connectivity index (χ0v) is 28.5. The van der Waals surface area contributed by atoms with Crippen molar-refractivity contribution >= 4 is 0 Å². The molecule has 1 aromatic rings. The SMILES string of the molecule is CCCCCCCCCCCCCCCN1C=CN(CCCCCCCCCCCCCCC)C1Cc1ccccc1. The first-order valence-electron chi connectivity index (χ1n) is 19.1. The Balaban J connectivity index is 1.54. The summed E-state index contributed by atoms with van der Waals surface area (Å²) < 4.78 is 0. The van der Waals surface area contributed by atoms with Crippen LogP contribution in [-0.4, -0.2) is 29.1 Å². The molecule has 0 unspecified atom stereocenters. The van der Waals surface area contributed by atoms with E-state index >= 15 is 0 Å². The van der Waals surface area contributed by atoms with E-state index in [0.29, 0.717) is 6.17 Å². The van der Waals surface area contributed by atoms with Gasteiger partial charge >= 0.3 is 0 Å². The minimum absolute atomic E-state index is 0.502. The number of nitrogens with zero attached hydrogens (tertiary/aromatic N) is 2. The monoisotopic (exact) mass is 581 g/mol. The van der Waals surface area contributed by atoms with Gasteiger partial charge < -0.3 is 9.80 Å². The van der Waals surface area contributed by atoms with Crippen LogP contribution in [0, 0.1) is 0 Å². The van der Waals surface area contributed by atoms with E-state index in [9.17, 15) is 0 Å². The van der Waals surface area contributed by atoms with E-state index in [1.54, 1.807) is 0 Å². The van der Waals surface area contributed by atoms with Gasteiger partial charge in [-0.2, -0.15) is 0 Å². The molecule has 2 rings (SSSR count). The number of hydrogen-bond acceptors (Lipinski definition) is 2. The van der Waals surface area contributed by atoms with Crippen molar-refractivity contribution in [3.63, 3.8) is 0 Å². The molecule has 1 heterocycles. The van der Waals surface area contributed by atoms with E-state index < -0.39 is 0 Å². The van der Waals surface area contributed by atoms with Crippen LogP contribution in [0.2, 0.25) is 0 Å². The molecule has 1 aliphatic heterocycles. The Morgan fingerprint density at radius 1 is 0.405 bits per heavy atom. The molecule has 0 N–H and O–H groups in total. The van der Waals surface area contributed by atoms with Gasteiger partial charge in [0.1, 0.15) is 6.17 Å². The molecular weight excluding hydrogens is 508 g/mol. The minimum Gasteiger partial charge on any atom is -0.356 e. The van der Waals surface area contributed by atoms with Crippen LogP contribution in [0.25, 0.3) is 0 Å². The minimum atomic E-state index is 0.502. The van der Waals surface area contributed by atoms with E-state index in [-0.39, 0.29) is 0 Å². The summed E-state index contributed by atoms with van der Waals surface area (Å²) in [4.78, 5) is 5.29. The number of hydrogen-bond donors (Lipinski definition) is 0. The van der Waals surface area contributed by atoms with Crippen molar-refractivity contribution in [1.29, 1.82) is 0 Å². The largest absolute Gasteiger partial charge is 0.356 e. The number of rotatable bonds is 30. The summed E-state index contributed by atoms with van der Waals surface area (Å²) in [7, 11) is 0. The summed E-state index contributed by atoms with van der Waals surface area (Å²) in [6.07, 6.45) is 43.5. The van der Waals surface area contributed by atoms with Gasteiger partial charge in [0.25, 0.3) is 0 Å². The maximum atomic E-state index is 2.65. The second kappa shape index (κ2) is 27.1. The van der Waals surface area contributed by atoms with Crippen molar-refractivity contribution in [3.8, 4) is 0 Å². The normalized spacial score (nSPS) is 13.6. The topological polar surface area (TPSA) is 6.48 Å². The fourth-order valence-corrected chi connectivity index (χ4v) is 6.69. The average Bonchev–Trinajstić information content (AvgIpc) is 3.39. The second-order valence-electron chi connectivity index (χ2n) is 13.4. The van der Waals surface area contributed by atoms with Crippen molar-refractivity contribution in [1.82, 2.24) is 9.80 Å². The van der Waals surface area contributed by atoms with Gasteiger partial charge in [0.15, 0.2) is 0 Å². The van der Waals surface area contributed by atoms with Gasteiger partial charge in [-0.1, -0.05) is 198 Å². The maximum Gasteiger partial charge on any atom is 0.105 e. The molecule has 2 nitrogen and oxygen atoms in total. The molecule has 0 aliphatic carbocycles. The molecule has 42 heavy (non-hydrogen) atoms. The van der Waals surface area contributed by atoms with Crippen molar-refractivity contribution < 1.29 is 0 Å². The lowest BCUT2D eigenvalue weighted by Crippen LogP contribution is -2.41. The summed E-state index contributed by atoms with van der Waals surface area (Å²) in [5.41, 5.74) is 1.47. The Morgan fingerprint density at radius 3 is 1.05 bits per heavy atom. The molecule has 242 valence electrons. The van der Waals surface area contributed by atoms with Crippen LogP contribution in [0.4, 0.5) is 0 Å². The molecule has 0 saturated heterocycles. The fraction of sp³-hybridized carbons (Fsp3) is 0.800. The molecule has 0 bridgehead atoms. The summed E-state index contributed by atoms with van der Waals surface area (Å²) in [5, 5.41) is 0. The summed E-state index contributed by atoms with van der Waals surface area (Å²) in [6, 6.07) is 11.2. The van der Waals surface area contributed by atoms with Crippen LogP contribution in [0.3, 0.4) is 0 Å². The lowest BCUT2D eigenvalue weighted by atomic mass is 10.0. The Morgan fingerprint density at radius 2 is 0.714 bits per heavy atom. The van der Waals surface area contributed by atoms with Crippen LogP contribution < -0.4 is 0 Å². The quantitative estimate of drug-likeness (QED) is 0.0835. The van der Waals surface area contributed by atoms with E-state index in [2.05, 4.69) is 66.4 Å². The third kappa shape index (κ3) is 19.0. The van der Waals surface area contributed by atoms with Gasteiger partial charge in [0.05, 0.1) is 0 Å². The van der Waals surface area contributed by atoms with E-state index in [4.69, 9.17) is 0 Å². The predicted molar refractivity (Wildman–Crippen MR) is 188 cm³/mol. The lowest BCUT2D eigenvalue weighted by molar-refractivity contribution is 0.148.